The molecule has 12 heteroatoms. The smallest absolute Gasteiger partial charge is 0.244 e. The van der Waals surface area contributed by atoms with Gasteiger partial charge in [-0.2, -0.15) is 0 Å². The van der Waals surface area contributed by atoms with Gasteiger partial charge in [-0.1, -0.05) is 55.7 Å². The summed E-state index contributed by atoms with van der Waals surface area (Å²) in [6.07, 6.45) is 9.57. The average Bonchev–Trinajstić information content (AvgIpc) is 3.05. The van der Waals surface area contributed by atoms with E-state index in [4.69, 9.17) is 0 Å². The highest BCUT2D eigenvalue weighted by Gasteiger charge is 2.46. The van der Waals surface area contributed by atoms with Crippen LogP contribution in [0.3, 0.4) is 0 Å². The Hall–Kier alpha value is -3.61. The summed E-state index contributed by atoms with van der Waals surface area (Å²) in [7, 11) is -3.87. The Bertz CT molecular complexity index is 1590. The molecule has 0 bridgehead atoms. The van der Waals surface area contributed by atoms with Crippen LogP contribution in [-0.2, 0) is 30.6 Å². The summed E-state index contributed by atoms with van der Waals surface area (Å²) in [5.41, 5.74) is 0.947. The number of likely N-dealkylation sites (tertiary alicyclic amines) is 1. The Labute approximate surface area is 297 Å². The number of benzene rings is 1. The number of fused-ring (bicyclic) bond motifs is 1. The lowest BCUT2D eigenvalue weighted by molar-refractivity contribution is -0.133. The molecule has 1 aromatic heterocycles. The molecule has 6 atom stereocenters. The fourth-order valence-corrected chi connectivity index (χ4v) is 7.60. The maximum Gasteiger partial charge on any atom is 0.244 e. The van der Waals surface area contributed by atoms with E-state index in [9.17, 15) is 27.9 Å². The predicted octanol–water partition coefficient (Wildman–Crippen LogP) is 3.29. The van der Waals surface area contributed by atoms with Crippen molar-refractivity contribution in [1.29, 1.82) is 0 Å². The largest absolute Gasteiger partial charge is 0.390 e. The first-order valence-electron chi connectivity index (χ1n) is 17.6. The second-order valence-electron chi connectivity index (χ2n) is 15.5. The molecule has 1 aliphatic carbocycles. The van der Waals surface area contributed by atoms with Gasteiger partial charge in [0.1, 0.15) is 6.04 Å². The van der Waals surface area contributed by atoms with Crippen LogP contribution in [0, 0.1) is 11.8 Å². The summed E-state index contributed by atoms with van der Waals surface area (Å²) >= 11 is 0. The van der Waals surface area contributed by atoms with E-state index in [2.05, 4.69) is 25.8 Å². The van der Waals surface area contributed by atoms with Crippen molar-refractivity contribution in [3.05, 3.63) is 72.1 Å². The molecule has 1 aliphatic heterocycles. The van der Waals surface area contributed by atoms with Crippen LogP contribution in [0.2, 0.25) is 0 Å². The summed E-state index contributed by atoms with van der Waals surface area (Å²) in [5, 5.41) is 20.6. The van der Waals surface area contributed by atoms with E-state index in [1.165, 1.54) is 26.0 Å². The molecule has 50 heavy (non-hydrogen) atoms. The average molecular weight is 710 g/mol. The number of β-amino-alcohol motifs (C(OH)–C–C–N with tert-alkyl or cyclic N) is 1. The molecule has 2 fully saturated rings. The molecular weight excluding hydrogens is 655 g/mol. The van der Waals surface area contributed by atoms with Gasteiger partial charge in [-0.3, -0.25) is 24.3 Å². The molecule has 4 N–H and O–H groups in total. The molecule has 2 aliphatic rings. The van der Waals surface area contributed by atoms with Gasteiger partial charge in [0.25, 0.3) is 0 Å². The molecule has 0 spiro atoms. The summed E-state index contributed by atoms with van der Waals surface area (Å²) < 4.78 is 24.3. The van der Waals surface area contributed by atoms with E-state index in [0.29, 0.717) is 30.5 Å². The third-order valence-corrected chi connectivity index (χ3v) is 12.3. The lowest BCUT2D eigenvalue weighted by Crippen LogP contribution is -2.64. The molecule has 1 saturated heterocycles. The number of sulfone groups is 1. The Morgan fingerprint density at radius 2 is 1.64 bits per heavy atom. The van der Waals surface area contributed by atoms with Crippen molar-refractivity contribution in [1.82, 2.24) is 25.8 Å². The van der Waals surface area contributed by atoms with Crippen molar-refractivity contribution < 1.29 is 27.9 Å². The number of aliphatic hydroxyl groups is 1. The van der Waals surface area contributed by atoms with Gasteiger partial charge in [0, 0.05) is 37.2 Å². The first kappa shape index (κ1) is 39.2. The Morgan fingerprint density at radius 1 is 0.980 bits per heavy atom. The highest BCUT2D eigenvalue weighted by atomic mass is 32.2. The minimum absolute atomic E-state index is 0.0752. The third kappa shape index (κ3) is 10.7. The Morgan fingerprint density at radius 3 is 2.26 bits per heavy atom. The fraction of sp³-hybridized carbons (Fsp3) is 0.579. The van der Waals surface area contributed by atoms with Crippen molar-refractivity contribution in [3.8, 4) is 0 Å². The second-order valence-corrected chi connectivity index (χ2v) is 18.1. The van der Waals surface area contributed by atoms with Crippen molar-refractivity contribution >= 4 is 33.6 Å². The minimum atomic E-state index is -3.87. The molecule has 3 amide bonds. The van der Waals surface area contributed by atoms with Crippen LogP contribution in [0.1, 0.15) is 78.0 Å². The van der Waals surface area contributed by atoms with Crippen LogP contribution in [0.4, 0.5) is 0 Å². The lowest BCUT2D eigenvalue weighted by Gasteiger charge is -2.47. The van der Waals surface area contributed by atoms with Crippen LogP contribution in [-0.4, -0.2) is 95.0 Å². The molecule has 1 saturated carbocycles. The highest BCUT2D eigenvalue weighted by molar-refractivity contribution is 7.92. The van der Waals surface area contributed by atoms with Crippen LogP contribution in [0.5, 0.6) is 0 Å². The van der Waals surface area contributed by atoms with E-state index in [0.717, 1.165) is 37.5 Å². The van der Waals surface area contributed by atoms with Gasteiger partial charge in [-0.15, -0.1) is 0 Å². The number of carbonyl (C=O) groups is 3. The molecule has 4 rings (SSSR count). The standard InChI is InChI=1S/C38H55N5O6S/c1-37(2,3)42-35(46)31-23-27-16-10-11-17-28(27)24-43(31)25-32(44)30(22-26-14-8-7-9-15-26)40-36(47)34(38(4,5)50(6,48)49)41-33(45)20-19-29-18-12-13-21-39-29/h7-9,12-15,18-21,27-28,30-32,34,44H,10-11,16-17,22-25H2,1-6H3,(H,40,47)(H,41,45)(H,42,46)/t27?,28?,30-,31-,32+,34+/m0/s1. The number of nitrogens with one attached hydrogen (secondary N) is 3. The Balaban J connectivity index is 1.61. The highest BCUT2D eigenvalue weighted by Crippen LogP contribution is 2.39. The van der Waals surface area contributed by atoms with Crippen LogP contribution >= 0.6 is 0 Å². The molecule has 2 heterocycles. The van der Waals surface area contributed by atoms with E-state index >= 15 is 0 Å². The number of pyridine rings is 1. The maximum atomic E-state index is 14.1. The van der Waals surface area contributed by atoms with Gasteiger partial charge in [0.2, 0.25) is 17.7 Å². The number of nitrogens with zero attached hydrogens (tertiary/aromatic N) is 2. The van der Waals surface area contributed by atoms with E-state index in [-0.39, 0.29) is 18.9 Å². The van der Waals surface area contributed by atoms with E-state index in [1.807, 2.05) is 51.1 Å². The van der Waals surface area contributed by atoms with Crippen molar-refractivity contribution in [2.75, 3.05) is 19.3 Å². The first-order valence-corrected chi connectivity index (χ1v) is 19.5. The van der Waals surface area contributed by atoms with Gasteiger partial charge in [-0.05, 0) is 89.5 Å². The number of rotatable bonds is 13. The van der Waals surface area contributed by atoms with Gasteiger partial charge in [-0.25, -0.2) is 8.42 Å². The number of carbonyl (C=O) groups excluding carboxylic acids is 3. The molecule has 0 radical (unpaired) electrons. The molecule has 1 aromatic carbocycles. The zero-order valence-electron chi connectivity index (χ0n) is 30.3. The number of amides is 3. The van der Waals surface area contributed by atoms with Crippen molar-refractivity contribution in [2.24, 2.45) is 11.8 Å². The molecule has 11 nitrogen and oxygen atoms in total. The molecule has 274 valence electrons. The minimum Gasteiger partial charge on any atom is -0.390 e. The number of hydrogen-bond donors (Lipinski definition) is 4. The summed E-state index contributed by atoms with van der Waals surface area (Å²) in [4.78, 5) is 47.1. The third-order valence-electron chi connectivity index (χ3n) is 10.1. The SMILES string of the molecule is CC(C)(C)NC(=O)[C@@H]1CC2CCCCC2CN1C[C@@H](O)[C@H](Cc1ccccc1)NC(=O)[C@@H](NC(=O)C=Cc1ccccn1)C(C)(C)S(C)(=O)=O. The predicted molar refractivity (Wildman–Crippen MR) is 196 cm³/mol. The fourth-order valence-electron chi connectivity index (χ4n) is 7.01. The summed E-state index contributed by atoms with van der Waals surface area (Å²) in [6, 6.07) is 11.8. The summed E-state index contributed by atoms with van der Waals surface area (Å²) in [5.74, 6) is -0.620. The number of hydrogen-bond acceptors (Lipinski definition) is 8. The first-order chi connectivity index (χ1) is 23.4. The van der Waals surface area contributed by atoms with E-state index in [1.54, 1.807) is 24.4 Å². The van der Waals surface area contributed by atoms with Crippen molar-refractivity contribution in [3.63, 3.8) is 0 Å². The lowest BCUT2D eigenvalue weighted by atomic mass is 9.72. The van der Waals surface area contributed by atoms with Crippen LogP contribution in [0.15, 0.2) is 60.8 Å². The van der Waals surface area contributed by atoms with Crippen LogP contribution < -0.4 is 16.0 Å². The molecular formula is C38H55N5O6S. The zero-order chi connectivity index (χ0) is 36.7. The van der Waals surface area contributed by atoms with Crippen molar-refractivity contribution in [2.45, 2.75) is 108 Å². The van der Waals surface area contributed by atoms with Gasteiger partial charge in [0.15, 0.2) is 9.84 Å². The van der Waals surface area contributed by atoms with E-state index < -0.39 is 56.2 Å². The number of aromatic nitrogens is 1. The normalized spacial score (nSPS) is 22.2. The summed E-state index contributed by atoms with van der Waals surface area (Å²) in [6.45, 7) is 9.42. The zero-order valence-corrected chi connectivity index (χ0v) is 31.1. The van der Waals surface area contributed by atoms with Gasteiger partial charge < -0.3 is 21.1 Å². The monoisotopic (exact) mass is 709 g/mol. The molecule has 2 unspecified atom stereocenters. The maximum absolute atomic E-state index is 14.1. The quantitative estimate of drug-likeness (QED) is 0.231. The Kier molecular flexibility index (Phi) is 13.0. The molecule has 2 aromatic rings. The number of aliphatic hydroxyl groups excluding tert-OH is 1. The van der Waals surface area contributed by atoms with Gasteiger partial charge >= 0.3 is 0 Å². The van der Waals surface area contributed by atoms with Gasteiger partial charge in [0.05, 0.1) is 28.6 Å². The van der Waals surface area contributed by atoms with Crippen LogP contribution in [0.25, 0.3) is 6.08 Å². The second kappa shape index (κ2) is 16.6. The topological polar surface area (TPSA) is 158 Å². The number of piperidine rings is 1.